The Bertz CT molecular complexity index is 216. The smallest absolute Gasteiger partial charge is 0.0344 e. The molecule has 1 atom stereocenters. The van der Waals surface area contributed by atoms with E-state index in [0.717, 1.165) is 13.0 Å². The third-order valence-corrected chi connectivity index (χ3v) is 2.30. The highest BCUT2D eigenvalue weighted by Crippen LogP contribution is 2.23. The fourth-order valence-electron chi connectivity index (χ4n) is 1.69. The maximum absolute atomic E-state index is 5.78. The van der Waals surface area contributed by atoms with Crippen molar-refractivity contribution in [2.45, 2.75) is 25.3 Å². The molecule has 3 N–H and O–H groups in total. The van der Waals surface area contributed by atoms with E-state index in [1.165, 1.54) is 24.1 Å². The Morgan fingerprint density at radius 2 is 2.45 bits per heavy atom. The molecule has 1 aliphatic carbocycles. The van der Waals surface area contributed by atoms with Gasteiger partial charge in [0.2, 0.25) is 0 Å². The van der Waals surface area contributed by atoms with Crippen molar-refractivity contribution in [2.24, 2.45) is 5.73 Å². The molecule has 1 fully saturated rings. The lowest BCUT2D eigenvalue weighted by molar-refractivity contribution is 0.641. The zero-order chi connectivity index (χ0) is 7.68. The predicted octanol–water partition coefficient (Wildman–Crippen LogP) is 0.911. The largest absolute Gasteiger partial charge is 0.385 e. The number of rotatable bonds is 0. The van der Waals surface area contributed by atoms with Crippen molar-refractivity contribution >= 4 is 0 Å². The topological polar surface area (TPSA) is 38.0 Å². The van der Waals surface area contributed by atoms with Crippen molar-refractivity contribution in [1.82, 2.24) is 5.32 Å². The zero-order valence-electron chi connectivity index (χ0n) is 6.64. The molecule has 0 spiro atoms. The van der Waals surface area contributed by atoms with Crippen LogP contribution in [-0.2, 0) is 0 Å². The average Bonchev–Trinajstić information content (AvgIpc) is 2.04. The minimum absolute atomic E-state index is 0.236. The van der Waals surface area contributed by atoms with E-state index in [9.17, 15) is 0 Å². The fraction of sp³-hybridized carbons (Fsp3) is 0.556. The number of piperidine rings is 1. The molecule has 2 nitrogen and oxygen atoms in total. The first-order valence-electron chi connectivity index (χ1n) is 4.27. The number of nitrogens with one attached hydrogen (secondary N) is 1. The van der Waals surface area contributed by atoms with E-state index < -0.39 is 0 Å². The highest BCUT2D eigenvalue weighted by atomic mass is 14.9. The van der Waals surface area contributed by atoms with Gasteiger partial charge in [-0.25, -0.2) is 0 Å². The summed E-state index contributed by atoms with van der Waals surface area (Å²) in [5, 5.41) is 3.36. The molecule has 2 heteroatoms. The third kappa shape index (κ3) is 1.31. The van der Waals surface area contributed by atoms with Gasteiger partial charge in [0, 0.05) is 18.3 Å². The van der Waals surface area contributed by atoms with Crippen LogP contribution in [0.15, 0.2) is 23.4 Å². The standard InChI is InChI=1S/C9H14N2/c10-8-4-3-7-2-1-5-11-9(7)6-8/h3,6,8,11H,1-2,4-5,10H2. The van der Waals surface area contributed by atoms with Gasteiger partial charge in [0.1, 0.15) is 0 Å². The summed E-state index contributed by atoms with van der Waals surface area (Å²) in [7, 11) is 0. The van der Waals surface area contributed by atoms with Crippen LogP contribution in [0.1, 0.15) is 19.3 Å². The van der Waals surface area contributed by atoms with Crippen molar-refractivity contribution in [3.63, 3.8) is 0 Å². The lowest BCUT2D eigenvalue weighted by atomic mass is 9.94. The zero-order valence-corrected chi connectivity index (χ0v) is 6.64. The molecule has 2 rings (SSSR count). The van der Waals surface area contributed by atoms with Crippen molar-refractivity contribution in [1.29, 1.82) is 0 Å². The van der Waals surface area contributed by atoms with E-state index in [1.807, 2.05) is 0 Å². The molecular weight excluding hydrogens is 136 g/mol. The van der Waals surface area contributed by atoms with Crippen LogP contribution in [0.2, 0.25) is 0 Å². The first-order valence-corrected chi connectivity index (χ1v) is 4.27. The Labute approximate surface area is 67.2 Å². The Balaban J connectivity index is 2.19. The molecular formula is C9H14N2. The molecule has 60 valence electrons. The lowest BCUT2D eigenvalue weighted by Crippen LogP contribution is -2.28. The van der Waals surface area contributed by atoms with E-state index in [1.54, 1.807) is 0 Å². The van der Waals surface area contributed by atoms with Crippen molar-refractivity contribution in [2.75, 3.05) is 6.54 Å². The summed E-state index contributed by atoms with van der Waals surface area (Å²) >= 11 is 0. The molecule has 2 aliphatic rings. The van der Waals surface area contributed by atoms with E-state index in [4.69, 9.17) is 5.73 Å². The quantitative estimate of drug-likeness (QED) is 0.538. The maximum Gasteiger partial charge on any atom is 0.0344 e. The summed E-state index contributed by atoms with van der Waals surface area (Å²) in [4.78, 5) is 0. The predicted molar refractivity (Wildman–Crippen MR) is 46.0 cm³/mol. The summed E-state index contributed by atoms with van der Waals surface area (Å²) in [5.74, 6) is 0. The van der Waals surface area contributed by atoms with Crippen molar-refractivity contribution in [3.8, 4) is 0 Å². The molecule has 1 unspecified atom stereocenters. The van der Waals surface area contributed by atoms with Crippen molar-refractivity contribution in [3.05, 3.63) is 23.4 Å². The highest BCUT2D eigenvalue weighted by Gasteiger charge is 2.15. The minimum atomic E-state index is 0.236. The van der Waals surface area contributed by atoms with Crippen LogP contribution in [0.25, 0.3) is 0 Å². The van der Waals surface area contributed by atoms with Crippen LogP contribution in [0.5, 0.6) is 0 Å². The summed E-state index contributed by atoms with van der Waals surface area (Å²) in [6.07, 6.45) is 7.92. The molecule has 0 amide bonds. The first-order chi connectivity index (χ1) is 5.36. The summed E-state index contributed by atoms with van der Waals surface area (Å²) < 4.78 is 0. The number of hydrogen-bond donors (Lipinski definition) is 2. The number of fused-ring (bicyclic) bond motifs is 1. The number of nitrogens with two attached hydrogens (primary N) is 1. The van der Waals surface area contributed by atoms with E-state index >= 15 is 0 Å². The van der Waals surface area contributed by atoms with Gasteiger partial charge in [0.05, 0.1) is 0 Å². The van der Waals surface area contributed by atoms with Crippen LogP contribution < -0.4 is 11.1 Å². The highest BCUT2D eigenvalue weighted by molar-refractivity contribution is 5.35. The molecule has 1 aliphatic heterocycles. The summed E-state index contributed by atoms with van der Waals surface area (Å²) in [6, 6.07) is 0.236. The molecule has 0 radical (unpaired) electrons. The number of allylic oxidation sites excluding steroid dienone is 1. The summed E-state index contributed by atoms with van der Waals surface area (Å²) in [5.41, 5.74) is 8.54. The van der Waals surface area contributed by atoms with Gasteiger partial charge in [0.15, 0.2) is 0 Å². The maximum atomic E-state index is 5.78. The Morgan fingerprint density at radius 3 is 3.36 bits per heavy atom. The van der Waals surface area contributed by atoms with Gasteiger partial charge in [-0.1, -0.05) is 6.08 Å². The Kier molecular flexibility index (Phi) is 1.70. The van der Waals surface area contributed by atoms with E-state index in [-0.39, 0.29) is 6.04 Å². The molecule has 0 aromatic carbocycles. The lowest BCUT2D eigenvalue weighted by Gasteiger charge is -2.25. The van der Waals surface area contributed by atoms with Gasteiger partial charge in [-0.2, -0.15) is 0 Å². The van der Waals surface area contributed by atoms with Crippen LogP contribution in [0, 0.1) is 0 Å². The van der Waals surface area contributed by atoms with Gasteiger partial charge >= 0.3 is 0 Å². The van der Waals surface area contributed by atoms with E-state index in [0.29, 0.717) is 0 Å². The van der Waals surface area contributed by atoms with Gasteiger partial charge in [0.25, 0.3) is 0 Å². The molecule has 0 bridgehead atoms. The summed E-state index contributed by atoms with van der Waals surface area (Å²) in [6.45, 7) is 1.11. The van der Waals surface area contributed by atoms with E-state index in [2.05, 4.69) is 17.5 Å². The SMILES string of the molecule is NC1C=C2NCCCC2=CC1. The molecule has 0 aromatic heterocycles. The second-order valence-electron chi connectivity index (χ2n) is 3.24. The average molecular weight is 150 g/mol. The Hall–Kier alpha value is -0.760. The normalized spacial score (nSPS) is 29.7. The molecule has 0 saturated carbocycles. The number of hydrogen-bond acceptors (Lipinski definition) is 2. The first kappa shape index (κ1) is 6.92. The van der Waals surface area contributed by atoms with Gasteiger partial charge in [-0.05, 0) is 30.9 Å². The monoisotopic (exact) mass is 150 g/mol. The van der Waals surface area contributed by atoms with Crippen molar-refractivity contribution < 1.29 is 0 Å². The third-order valence-electron chi connectivity index (χ3n) is 2.30. The second-order valence-corrected chi connectivity index (χ2v) is 3.24. The fourth-order valence-corrected chi connectivity index (χ4v) is 1.69. The van der Waals surface area contributed by atoms with Crippen LogP contribution in [0.3, 0.4) is 0 Å². The van der Waals surface area contributed by atoms with Crippen LogP contribution in [-0.4, -0.2) is 12.6 Å². The molecule has 0 aromatic rings. The van der Waals surface area contributed by atoms with Gasteiger partial charge in [-0.15, -0.1) is 0 Å². The minimum Gasteiger partial charge on any atom is -0.385 e. The van der Waals surface area contributed by atoms with Crippen LogP contribution in [0.4, 0.5) is 0 Å². The second kappa shape index (κ2) is 2.70. The Morgan fingerprint density at radius 1 is 1.55 bits per heavy atom. The molecule has 11 heavy (non-hydrogen) atoms. The van der Waals surface area contributed by atoms with Gasteiger partial charge < -0.3 is 11.1 Å². The molecule has 1 saturated heterocycles. The van der Waals surface area contributed by atoms with Crippen LogP contribution >= 0.6 is 0 Å². The van der Waals surface area contributed by atoms with Gasteiger partial charge in [-0.3, -0.25) is 0 Å². The molecule has 1 heterocycles.